The molecule has 29 heavy (non-hydrogen) atoms. The van der Waals surface area contributed by atoms with Gasteiger partial charge in [0.2, 0.25) is 0 Å². The first kappa shape index (κ1) is 19.0. The van der Waals surface area contributed by atoms with Gasteiger partial charge in [0, 0.05) is 16.1 Å². The number of carbonyl (C=O) groups excluding carboxylic acids is 1. The minimum atomic E-state index is -0.207. The highest BCUT2D eigenvalue weighted by atomic mass is 35.5. The Bertz CT molecular complexity index is 1110. The molecule has 0 aliphatic carbocycles. The van der Waals surface area contributed by atoms with E-state index < -0.39 is 0 Å². The number of hydrogen-bond donors (Lipinski definition) is 2. The van der Waals surface area contributed by atoms with Crippen LogP contribution in [0, 0.1) is 6.92 Å². The average Bonchev–Trinajstić information content (AvgIpc) is 3.05. The van der Waals surface area contributed by atoms with Crippen molar-refractivity contribution >= 4 is 23.3 Å². The van der Waals surface area contributed by atoms with Gasteiger partial charge >= 0.3 is 0 Å². The van der Waals surface area contributed by atoms with Crippen molar-refractivity contribution < 1.29 is 14.2 Å². The fourth-order valence-corrected chi connectivity index (χ4v) is 3.34. The molecule has 1 aliphatic heterocycles. The number of rotatable bonds is 5. The van der Waals surface area contributed by atoms with Crippen LogP contribution in [0.5, 0.6) is 5.75 Å². The highest BCUT2D eigenvalue weighted by molar-refractivity contribution is 6.31. The molecule has 6 heteroatoms. The second kappa shape index (κ2) is 7.97. The smallest absolute Gasteiger partial charge is 0.299 e. The number of ether oxygens (including phenoxy) is 1. The molecule has 0 radical (unpaired) electrons. The number of nitrogens with one attached hydrogen (secondary N) is 1. The number of hydrazine groups is 1. The van der Waals surface area contributed by atoms with Crippen LogP contribution in [0.2, 0.25) is 5.02 Å². The van der Waals surface area contributed by atoms with Crippen LogP contribution in [-0.4, -0.2) is 16.4 Å². The highest BCUT2D eigenvalue weighted by Gasteiger charge is 2.26. The van der Waals surface area contributed by atoms with E-state index in [1.807, 2.05) is 61.5 Å². The number of amides is 1. The normalized spacial score (nSPS) is 12.6. The third-order valence-electron chi connectivity index (χ3n) is 4.90. The highest BCUT2D eigenvalue weighted by Crippen LogP contribution is 2.22. The Labute approximate surface area is 174 Å². The van der Waals surface area contributed by atoms with E-state index in [4.69, 9.17) is 22.1 Å². The summed E-state index contributed by atoms with van der Waals surface area (Å²) >= 11 is 6.03. The third kappa shape index (κ3) is 4.10. The van der Waals surface area contributed by atoms with Crippen LogP contribution < -0.4 is 15.9 Å². The lowest BCUT2D eigenvalue weighted by Gasteiger charge is -2.09. The predicted molar refractivity (Wildman–Crippen MR) is 113 cm³/mol. The molecule has 1 amide bonds. The Hall–Kier alpha value is -3.31. The first-order valence-corrected chi connectivity index (χ1v) is 9.66. The summed E-state index contributed by atoms with van der Waals surface area (Å²) in [7, 11) is 0. The molecule has 0 bridgehead atoms. The summed E-state index contributed by atoms with van der Waals surface area (Å²) < 4.78 is 7.47. The Morgan fingerprint density at radius 1 is 1.14 bits per heavy atom. The van der Waals surface area contributed by atoms with E-state index in [1.54, 1.807) is 16.8 Å². The van der Waals surface area contributed by atoms with Gasteiger partial charge in [0.25, 0.3) is 11.7 Å². The van der Waals surface area contributed by atoms with Crippen LogP contribution >= 0.6 is 11.6 Å². The summed E-state index contributed by atoms with van der Waals surface area (Å²) in [6, 6.07) is 20.7. The third-order valence-corrected chi connectivity index (χ3v) is 5.32. The van der Waals surface area contributed by atoms with Gasteiger partial charge in [0.15, 0.2) is 0 Å². The second-order valence-corrected chi connectivity index (χ2v) is 7.37. The molecule has 1 heterocycles. The minimum absolute atomic E-state index is 0.207. The quantitative estimate of drug-likeness (QED) is 0.633. The van der Waals surface area contributed by atoms with Gasteiger partial charge in [-0.3, -0.25) is 10.5 Å². The van der Waals surface area contributed by atoms with Crippen molar-refractivity contribution in [2.75, 3.05) is 0 Å². The monoisotopic (exact) mass is 406 g/mol. The van der Waals surface area contributed by atoms with E-state index in [0.29, 0.717) is 29.6 Å². The number of nitrogens with two attached hydrogens (primary N) is 1. The maximum atomic E-state index is 12.6. The molecule has 1 aliphatic rings. The number of hydrogen-bond acceptors (Lipinski definition) is 3. The van der Waals surface area contributed by atoms with Crippen LogP contribution in [0.25, 0.3) is 0 Å². The zero-order valence-corrected chi connectivity index (χ0v) is 16.7. The van der Waals surface area contributed by atoms with Crippen molar-refractivity contribution in [3.8, 4) is 5.75 Å². The van der Waals surface area contributed by atoms with E-state index in [0.717, 1.165) is 28.0 Å². The standard InChI is InChI=1S/C23H20ClN3O2/c1-15-12-19(10-11-21(15)24)29-14-16-6-8-17(9-7-16)23(28)26-27-13-18-4-2-3-5-20(18)22(27)25/h2-12,25H,13-14H2,1H3,(H,26,28)/p+1. The molecular weight excluding hydrogens is 386 g/mol. The zero-order chi connectivity index (χ0) is 20.4. The maximum Gasteiger partial charge on any atom is 0.299 e. The number of nitrogens with zero attached hydrogens (tertiary/aromatic N) is 1. The molecule has 0 spiro atoms. The molecule has 0 fully saturated rings. The van der Waals surface area contributed by atoms with Crippen LogP contribution in [0.3, 0.4) is 0 Å². The first-order valence-electron chi connectivity index (χ1n) is 9.28. The lowest BCUT2D eigenvalue weighted by molar-refractivity contribution is -0.584. The fraction of sp³-hybridized carbons (Fsp3) is 0.130. The van der Waals surface area contributed by atoms with Crippen molar-refractivity contribution in [1.82, 2.24) is 5.43 Å². The zero-order valence-electron chi connectivity index (χ0n) is 16.0. The fourth-order valence-electron chi connectivity index (χ4n) is 3.22. The number of halogens is 1. The number of benzene rings is 3. The Morgan fingerprint density at radius 2 is 1.90 bits per heavy atom. The van der Waals surface area contributed by atoms with Crippen LogP contribution in [0.4, 0.5) is 0 Å². The largest absolute Gasteiger partial charge is 0.489 e. The van der Waals surface area contributed by atoms with Crippen molar-refractivity contribution in [1.29, 1.82) is 0 Å². The summed E-state index contributed by atoms with van der Waals surface area (Å²) in [5.41, 5.74) is 13.6. The number of fused-ring (bicyclic) bond motifs is 1. The molecule has 3 N–H and O–H groups in total. The summed E-state index contributed by atoms with van der Waals surface area (Å²) in [6.07, 6.45) is 0. The van der Waals surface area contributed by atoms with Gasteiger partial charge in [0.05, 0.1) is 5.56 Å². The maximum absolute atomic E-state index is 12.6. The predicted octanol–water partition coefficient (Wildman–Crippen LogP) is 3.80. The van der Waals surface area contributed by atoms with Crippen LogP contribution in [-0.2, 0) is 13.2 Å². The van der Waals surface area contributed by atoms with Gasteiger partial charge in [-0.15, -0.1) is 0 Å². The van der Waals surface area contributed by atoms with Crippen molar-refractivity contribution in [3.05, 3.63) is 99.6 Å². The number of hydrazone groups is 1. The molecule has 3 aromatic carbocycles. The molecule has 4 rings (SSSR count). The summed E-state index contributed by atoms with van der Waals surface area (Å²) in [5.74, 6) is 1.10. The average molecular weight is 407 g/mol. The molecule has 146 valence electrons. The molecular formula is C23H21ClN3O2+. The van der Waals surface area contributed by atoms with Gasteiger partial charge in [-0.2, -0.15) is 10.1 Å². The van der Waals surface area contributed by atoms with E-state index in [1.165, 1.54) is 0 Å². The van der Waals surface area contributed by atoms with Gasteiger partial charge in [0.1, 0.15) is 18.9 Å². The summed E-state index contributed by atoms with van der Waals surface area (Å²) in [4.78, 5) is 12.6. The van der Waals surface area contributed by atoms with Crippen molar-refractivity contribution in [2.24, 2.45) is 5.73 Å². The van der Waals surface area contributed by atoms with Crippen LogP contribution in [0.15, 0.2) is 66.7 Å². The Kier molecular flexibility index (Phi) is 5.23. The SMILES string of the molecule is Cc1cc(OCc2ccc(C(=O)N[N+]3=C(N)c4ccccc4C3)cc2)ccc1Cl. The Morgan fingerprint density at radius 3 is 2.62 bits per heavy atom. The molecule has 0 aromatic heterocycles. The van der Waals surface area contributed by atoms with Crippen molar-refractivity contribution in [3.63, 3.8) is 0 Å². The Balaban J connectivity index is 1.38. The summed E-state index contributed by atoms with van der Waals surface area (Å²) in [6.45, 7) is 2.90. The second-order valence-electron chi connectivity index (χ2n) is 6.97. The molecule has 0 unspecified atom stereocenters. The minimum Gasteiger partial charge on any atom is -0.489 e. The lowest BCUT2D eigenvalue weighted by atomic mass is 10.1. The van der Waals surface area contributed by atoms with Crippen molar-refractivity contribution in [2.45, 2.75) is 20.1 Å². The van der Waals surface area contributed by atoms with Gasteiger partial charge < -0.3 is 4.74 Å². The molecule has 0 saturated carbocycles. The van der Waals surface area contributed by atoms with E-state index in [-0.39, 0.29) is 5.91 Å². The van der Waals surface area contributed by atoms with E-state index >= 15 is 0 Å². The van der Waals surface area contributed by atoms with Crippen LogP contribution in [0.1, 0.15) is 32.6 Å². The molecule has 5 nitrogen and oxygen atoms in total. The number of amidine groups is 1. The summed E-state index contributed by atoms with van der Waals surface area (Å²) in [5, 5.41) is 0.715. The lowest BCUT2D eigenvalue weighted by Crippen LogP contribution is -2.38. The number of carbonyl (C=O) groups is 1. The van der Waals surface area contributed by atoms with Gasteiger partial charge in [-0.25, -0.2) is 0 Å². The first-order chi connectivity index (χ1) is 14.0. The van der Waals surface area contributed by atoms with Gasteiger partial charge in [-0.1, -0.05) is 41.9 Å². The van der Waals surface area contributed by atoms with Gasteiger partial charge in [-0.05, 0) is 54.4 Å². The molecule has 3 aromatic rings. The van der Waals surface area contributed by atoms with E-state index in [9.17, 15) is 4.79 Å². The molecule has 0 atom stereocenters. The molecule has 0 saturated heterocycles. The van der Waals surface area contributed by atoms with E-state index in [2.05, 4.69) is 5.43 Å². The number of aryl methyl sites for hydroxylation is 1. The topological polar surface area (TPSA) is 67.4 Å².